The monoisotopic (exact) mass is 247 g/mol. The second-order valence-corrected chi connectivity index (χ2v) is 4.14. The molecule has 7 nitrogen and oxygen atoms in total. The summed E-state index contributed by atoms with van der Waals surface area (Å²) in [5.74, 6) is -1.05. The van der Waals surface area contributed by atoms with E-state index in [0.29, 0.717) is 17.9 Å². The van der Waals surface area contributed by atoms with Crippen LogP contribution in [0.4, 0.5) is 0 Å². The molecule has 0 aliphatic rings. The molecule has 0 aliphatic heterocycles. The highest BCUT2D eigenvalue weighted by Crippen LogP contribution is 2.18. The number of hydrogen-bond donors (Lipinski definition) is 1. The Balaban J connectivity index is 2.37. The van der Waals surface area contributed by atoms with E-state index in [-0.39, 0.29) is 11.6 Å². The van der Waals surface area contributed by atoms with Crippen molar-refractivity contribution in [2.24, 2.45) is 0 Å². The zero-order chi connectivity index (χ0) is 13.1. The maximum Gasteiger partial charge on any atom is 0.358 e. The predicted octanol–water partition coefficient (Wildman–Crippen LogP) is 0.938. The molecule has 2 rings (SSSR count). The van der Waals surface area contributed by atoms with Crippen LogP contribution in [0.5, 0.6) is 0 Å². The Morgan fingerprint density at radius 1 is 1.44 bits per heavy atom. The molecule has 0 unspecified atom stereocenters. The number of nitrogens with zero attached hydrogens (tertiary/aromatic N) is 5. The Hall–Kier alpha value is -2.31. The van der Waals surface area contributed by atoms with Crippen LogP contribution in [0.25, 0.3) is 0 Å². The fraction of sp³-hybridized carbons (Fsp3) is 0.364. The summed E-state index contributed by atoms with van der Waals surface area (Å²) in [6.07, 6.45) is 4.78. The maximum absolute atomic E-state index is 11.0. The minimum absolute atomic E-state index is 0.00566. The smallest absolute Gasteiger partial charge is 0.358 e. The van der Waals surface area contributed by atoms with Crippen molar-refractivity contribution in [3.63, 3.8) is 0 Å². The molecule has 1 N–H and O–H groups in total. The highest BCUT2D eigenvalue weighted by atomic mass is 16.4. The van der Waals surface area contributed by atoms with Gasteiger partial charge in [-0.2, -0.15) is 0 Å². The summed E-state index contributed by atoms with van der Waals surface area (Å²) in [4.78, 5) is 19.1. The second kappa shape index (κ2) is 4.91. The summed E-state index contributed by atoms with van der Waals surface area (Å²) >= 11 is 0. The summed E-state index contributed by atoms with van der Waals surface area (Å²) in [6.45, 7) is 4.16. The van der Waals surface area contributed by atoms with Crippen LogP contribution in [-0.2, 0) is 6.54 Å². The lowest BCUT2D eigenvalue weighted by Crippen LogP contribution is -2.11. The number of aromatic nitrogens is 5. The Morgan fingerprint density at radius 3 is 2.78 bits per heavy atom. The van der Waals surface area contributed by atoms with Crippen molar-refractivity contribution < 1.29 is 9.90 Å². The third-order valence-corrected chi connectivity index (χ3v) is 2.45. The van der Waals surface area contributed by atoms with E-state index in [9.17, 15) is 4.79 Å². The zero-order valence-corrected chi connectivity index (χ0v) is 10.1. The van der Waals surface area contributed by atoms with Crippen molar-refractivity contribution in [3.05, 3.63) is 35.7 Å². The van der Waals surface area contributed by atoms with Gasteiger partial charge in [0.2, 0.25) is 0 Å². The van der Waals surface area contributed by atoms with Gasteiger partial charge in [-0.3, -0.25) is 9.97 Å². The van der Waals surface area contributed by atoms with Gasteiger partial charge < -0.3 is 5.11 Å². The average Bonchev–Trinajstić information content (AvgIpc) is 2.74. The van der Waals surface area contributed by atoms with E-state index in [1.165, 1.54) is 0 Å². The standard InChI is InChI=1S/C11H13N5O2/c1-7(2)10-9(11(17)18)14-15-16(10)6-8-5-12-3-4-13-8/h3-5,7H,6H2,1-2H3,(H,17,18). The van der Waals surface area contributed by atoms with E-state index in [1.807, 2.05) is 13.8 Å². The molecule has 18 heavy (non-hydrogen) atoms. The minimum Gasteiger partial charge on any atom is -0.476 e. The Morgan fingerprint density at radius 2 is 2.22 bits per heavy atom. The number of hydrogen-bond acceptors (Lipinski definition) is 5. The van der Waals surface area contributed by atoms with Crippen LogP contribution in [0.2, 0.25) is 0 Å². The first-order chi connectivity index (χ1) is 8.59. The van der Waals surface area contributed by atoms with Gasteiger partial charge in [0.25, 0.3) is 0 Å². The van der Waals surface area contributed by atoms with Gasteiger partial charge >= 0.3 is 5.97 Å². The Kier molecular flexibility index (Phi) is 3.31. The van der Waals surface area contributed by atoms with Crippen molar-refractivity contribution in [3.8, 4) is 0 Å². The molecule has 2 aromatic heterocycles. The van der Waals surface area contributed by atoms with Gasteiger partial charge in [-0.25, -0.2) is 9.48 Å². The van der Waals surface area contributed by atoms with Crippen LogP contribution < -0.4 is 0 Å². The average molecular weight is 247 g/mol. The van der Waals surface area contributed by atoms with Crippen molar-refractivity contribution in [2.75, 3.05) is 0 Å². The van der Waals surface area contributed by atoms with E-state index in [2.05, 4.69) is 20.3 Å². The van der Waals surface area contributed by atoms with Crippen molar-refractivity contribution in [1.82, 2.24) is 25.0 Å². The molecule has 2 heterocycles. The first-order valence-corrected chi connectivity index (χ1v) is 5.51. The van der Waals surface area contributed by atoms with Gasteiger partial charge in [0.05, 0.1) is 24.1 Å². The van der Waals surface area contributed by atoms with E-state index in [1.54, 1.807) is 23.3 Å². The molecule has 0 saturated carbocycles. The van der Waals surface area contributed by atoms with Crippen LogP contribution in [0, 0.1) is 0 Å². The van der Waals surface area contributed by atoms with Crippen LogP contribution in [0.3, 0.4) is 0 Å². The summed E-state index contributed by atoms with van der Waals surface area (Å²) in [7, 11) is 0. The van der Waals surface area contributed by atoms with Gasteiger partial charge in [0, 0.05) is 12.4 Å². The number of carbonyl (C=O) groups is 1. The van der Waals surface area contributed by atoms with Gasteiger partial charge in [-0.15, -0.1) is 5.10 Å². The number of rotatable bonds is 4. The Bertz CT molecular complexity index is 550. The summed E-state index contributed by atoms with van der Waals surface area (Å²) in [5, 5.41) is 16.6. The summed E-state index contributed by atoms with van der Waals surface area (Å²) in [6, 6.07) is 0. The minimum atomic E-state index is -1.07. The predicted molar refractivity (Wildman–Crippen MR) is 62.2 cm³/mol. The molecule has 7 heteroatoms. The highest BCUT2D eigenvalue weighted by molar-refractivity contribution is 5.86. The number of aromatic carboxylic acids is 1. The molecule has 0 aromatic carbocycles. The molecule has 0 amide bonds. The normalized spacial score (nSPS) is 10.8. The maximum atomic E-state index is 11.0. The van der Waals surface area contributed by atoms with E-state index < -0.39 is 5.97 Å². The van der Waals surface area contributed by atoms with Crippen LogP contribution >= 0.6 is 0 Å². The topological polar surface area (TPSA) is 93.8 Å². The third kappa shape index (κ3) is 2.34. The quantitative estimate of drug-likeness (QED) is 0.864. The second-order valence-electron chi connectivity index (χ2n) is 4.14. The molecule has 0 aliphatic carbocycles. The lowest BCUT2D eigenvalue weighted by atomic mass is 10.1. The molecule has 0 fully saturated rings. The highest BCUT2D eigenvalue weighted by Gasteiger charge is 2.21. The fourth-order valence-corrected chi connectivity index (χ4v) is 1.73. The molecular formula is C11H13N5O2. The van der Waals surface area contributed by atoms with Crippen LogP contribution in [-0.4, -0.2) is 36.0 Å². The molecule has 2 aromatic rings. The van der Waals surface area contributed by atoms with E-state index in [0.717, 1.165) is 0 Å². The summed E-state index contributed by atoms with van der Waals surface area (Å²) < 4.78 is 1.55. The zero-order valence-electron chi connectivity index (χ0n) is 10.1. The number of carboxylic acids is 1. The SMILES string of the molecule is CC(C)c1c(C(=O)O)nnn1Cc1cnccn1. The van der Waals surface area contributed by atoms with Crippen molar-refractivity contribution in [1.29, 1.82) is 0 Å². The van der Waals surface area contributed by atoms with Gasteiger partial charge in [-0.1, -0.05) is 19.1 Å². The van der Waals surface area contributed by atoms with Crippen molar-refractivity contribution >= 4 is 5.97 Å². The first-order valence-electron chi connectivity index (χ1n) is 5.51. The van der Waals surface area contributed by atoms with Crippen LogP contribution in [0.1, 0.15) is 41.6 Å². The lowest BCUT2D eigenvalue weighted by Gasteiger charge is -2.09. The molecule has 94 valence electrons. The fourth-order valence-electron chi connectivity index (χ4n) is 1.73. The molecule has 0 atom stereocenters. The van der Waals surface area contributed by atoms with Gasteiger partial charge in [0.15, 0.2) is 5.69 Å². The molecular weight excluding hydrogens is 234 g/mol. The lowest BCUT2D eigenvalue weighted by molar-refractivity contribution is 0.0688. The molecule has 0 radical (unpaired) electrons. The molecule has 0 bridgehead atoms. The van der Waals surface area contributed by atoms with E-state index >= 15 is 0 Å². The van der Waals surface area contributed by atoms with Gasteiger partial charge in [-0.05, 0) is 5.92 Å². The third-order valence-electron chi connectivity index (χ3n) is 2.45. The molecule has 0 spiro atoms. The largest absolute Gasteiger partial charge is 0.476 e. The summed E-state index contributed by atoms with van der Waals surface area (Å²) in [5.41, 5.74) is 1.29. The Labute approximate surface area is 104 Å². The van der Waals surface area contributed by atoms with Gasteiger partial charge in [0.1, 0.15) is 0 Å². The van der Waals surface area contributed by atoms with Crippen LogP contribution in [0.15, 0.2) is 18.6 Å². The van der Waals surface area contributed by atoms with Crippen molar-refractivity contribution in [2.45, 2.75) is 26.3 Å². The molecule has 0 saturated heterocycles. The first kappa shape index (κ1) is 12.2. The van der Waals surface area contributed by atoms with E-state index in [4.69, 9.17) is 5.11 Å². The number of carboxylic acid groups (broad SMARTS) is 1.